The molecule has 1 saturated heterocycles. The summed E-state index contributed by atoms with van der Waals surface area (Å²) < 4.78 is 0. The Hall–Kier alpha value is -3.01. The smallest absolute Gasteiger partial charge is 0.257 e. The van der Waals surface area contributed by atoms with Gasteiger partial charge in [0.25, 0.3) is 5.91 Å². The fourth-order valence-corrected chi connectivity index (χ4v) is 3.90. The number of aryl methyl sites for hydroxylation is 1. The van der Waals surface area contributed by atoms with Gasteiger partial charge in [-0.3, -0.25) is 4.79 Å². The first-order chi connectivity index (χ1) is 13.7. The van der Waals surface area contributed by atoms with Crippen molar-refractivity contribution in [2.24, 2.45) is 5.92 Å². The monoisotopic (exact) mass is 371 g/mol. The molecule has 4 rings (SSSR count). The molecule has 0 saturated carbocycles. The van der Waals surface area contributed by atoms with E-state index in [1.54, 1.807) is 6.20 Å². The third-order valence-electron chi connectivity index (χ3n) is 5.46. The van der Waals surface area contributed by atoms with Crippen LogP contribution in [0.5, 0.6) is 0 Å². The van der Waals surface area contributed by atoms with Gasteiger partial charge >= 0.3 is 0 Å². The van der Waals surface area contributed by atoms with Crippen LogP contribution in [0.4, 0.5) is 0 Å². The Morgan fingerprint density at radius 1 is 1.00 bits per heavy atom. The first-order valence-corrected chi connectivity index (χ1v) is 9.93. The highest BCUT2D eigenvalue weighted by Crippen LogP contribution is 2.26. The van der Waals surface area contributed by atoms with Crippen LogP contribution in [0.2, 0.25) is 0 Å². The first-order valence-electron chi connectivity index (χ1n) is 9.93. The number of benzene rings is 2. The zero-order chi connectivity index (χ0) is 19.3. The van der Waals surface area contributed by atoms with Crippen LogP contribution in [0.25, 0.3) is 11.3 Å². The molecule has 1 amide bonds. The van der Waals surface area contributed by atoms with Gasteiger partial charge in [0.15, 0.2) is 0 Å². The predicted octanol–water partition coefficient (Wildman–Crippen LogP) is 4.55. The van der Waals surface area contributed by atoms with Gasteiger partial charge < -0.3 is 4.90 Å². The standard InChI is InChI=1S/C24H25N3O/c1-18-25-17-22(23(26-18)21-10-6-3-7-11-21)24(28)27-14-12-20(13-15-27)16-19-8-4-2-5-9-19/h2-11,17,20H,12-16H2,1H3. The average Bonchev–Trinajstić information content (AvgIpc) is 2.75. The molecule has 4 heteroatoms. The number of nitrogens with zero attached hydrogens (tertiary/aromatic N) is 3. The summed E-state index contributed by atoms with van der Waals surface area (Å²) in [4.78, 5) is 24.0. The van der Waals surface area contributed by atoms with Crippen molar-refractivity contribution in [3.8, 4) is 11.3 Å². The van der Waals surface area contributed by atoms with Crippen molar-refractivity contribution in [3.63, 3.8) is 0 Å². The van der Waals surface area contributed by atoms with Crippen LogP contribution < -0.4 is 0 Å². The molecule has 3 aromatic rings. The fourth-order valence-electron chi connectivity index (χ4n) is 3.90. The van der Waals surface area contributed by atoms with E-state index in [0.717, 1.165) is 43.6 Å². The molecule has 0 radical (unpaired) electrons. The van der Waals surface area contributed by atoms with Crippen molar-refractivity contribution in [1.29, 1.82) is 0 Å². The van der Waals surface area contributed by atoms with Crippen molar-refractivity contribution in [1.82, 2.24) is 14.9 Å². The van der Waals surface area contributed by atoms with Gasteiger partial charge in [0.2, 0.25) is 0 Å². The molecule has 1 aliphatic heterocycles. The van der Waals surface area contributed by atoms with E-state index in [9.17, 15) is 4.79 Å². The molecule has 1 aliphatic rings. The van der Waals surface area contributed by atoms with Gasteiger partial charge in [0.1, 0.15) is 5.82 Å². The van der Waals surface area contributed by atoms with Gasteiger partial charge in [-0.25, -0.2) is 9.97 Å². The molecule has 0 aliphatic carbocycles. The third kappa shape index (κ3) is 4.11. The largest absolute Gasteiger partial charge is 0.339 e. The number of carbonyl (C=O) groups excluding carboxylic acids is 1. The van der Waals surface area contributed by atoms with E-state index >= 15 is 0 Å². The van der Waals surface area contributed by atoms with Crippen molar-refractivity contribution in [2.75, 3.05) is 13.1 Å². The van der Waals surface area contributed by atoms with Crippen molar-refractivity contribution >= 4 is 5.91 Å². The van der Waals surface area contributed by atoms with Crippen LogP contribution >= 0.6 is 0 Å². The number of piperidine rings is 1. The molecular weight excluding hydrogens is 346 g/mol. The quantitative estimate of drug-likeness (QED) is 0.676. The lowest BCUT2D eigenvalue weighted by atomic mass is 9.90. The lowest BCUT2D eigenvalue weighted by Crippen LogP contribution is -2.39. The minimum atomic E-state index is 0.0389. The summed E-state index contributed by atoms with van der Waals surface area (Å²) in [7, 11) is 0. The van der Waals surface area contributed by atoms with Crippen molar-refractivity contribution in [2.45, 2.75) is 26.2 Å². The van der Waals surface area contributed by atoms with Gasteiger partial charge in [-0.05, 0) is 37.7 Å². The molecule has 0 spiro atoms. The topological polar surface area (TPSA) is 46.1 Å². The fraction of sp³-hybridized carbons (Fsp3) is 0.292. The van der Waals surface area contributed by atoms with Crippen molar-refractivity contribution < 1.29 is 4.79 Å². The van der Waals surface area contributed by atoms with E-state index in [4.69, 9.17) is 0 Å². The van der Waals surface area contributed by atoms with Crippen LogP contribution in [0, 0.1) is 12.8 Å². The van der Waals surface area contributed by atoms with E-state index in [0.29, 0.717) is 17.3 Å². The van der Waals surface area contributed by atoms with Gasteiger partial charge in [0.05, 0.1) is 11.3 Å². The third-order valence-corrected chi connectivity index (χ3v) is 5.46. The Morgan fingerprint density at radius 3 is 2.32 bits per heavy atom. The van der Waals surface area contributed by atoms with E-state index in [1.165, 1.54) is 5.56 Å². The van der Waals surface area contributed by atoms with Gasteiger partial charge in [-0.2, -0.15) is 0 Å². The maximum Gasteiger partial charge on any atom is 0.257 e. The SMILES string of the molecule is Cc1ncc(C(=O)N2CCC(Cc3ccccc3)CC2)c(-c2ccccc2)n1. The minimum Gasteiger partial charge on any atom is -0.339 e. The molecule has 0 N–H and O–H groups in total. The molecule has 142 valence electrons. The molecule has 2 aromatic carbocycles. The van der Waals surface area contributed by atoms with Crippen LogP contribution in [0.15, 0.2) is 66.9 Å². The number of hydrogen-bond acceptors (Lipinski definition) is 3. The molecule has 28 heavy (non-hydrogen) atoms. The predicted molar refractivity (Wildman–Crippen MR) is 111 cm³/mol. The summed E-state index contributed by atoms with van der Waals surface area (Å²) in [6.45, 7) is 3.44. The summed E-state index contributed by atoms with van der Waals surface area (Å²) in [6, 6.07) is 20.5. The van der Waals surface area contributed by atoms with Crippen LogP contribution in [-0.2, 0) is 6.42 Å². The number of amides is 1. The highest BCUT2D eigenvalue weighted by Gasteiger charge is 2.26. The molecule has 0 bridgehead atoms. The number of carbonyl (C=O) groups is 1. The second kappa shape index (κ2) is 8.34. The van der Waals surface area contributed by atoms with Crippen LogP contribution in [-0.4, -0.2) is 33.9 Å². The zero-order valence-electron chi connectivity index (χ0n) is 16.2. The summed E-state index contributed by atoms with van der Waals surface area (Å²) >= 11 is 0. The molecule has 1 fully saturated rings. The van der Waals surface area contributed by atoms with E-state index in [1.807, 2.05) is 42.2 Å². The maximum atomic E-state index is 13.2. The number of hydrogen-bond donors (Lipinski definition) is 0. The summed E-state index contributed by atoms with van der Waals surface area (Å²) in [5.41, 5.74) is 3.66. The average molecular weight is 371 g/mol. The van der Waals surface area contributed by atoms with E-state index < -0.39 is 0 Å². The second-order valence-electron chi connectivity index (χ2n) is 7.47. The highest BCUT2D eigenvalue weighted by molar-refractivity contribution is 5.99. The Morgan fingerprint density at radius 2 is 1.64 bits per heavy atom. The Balaban J connectivity index is 1.47. The molecule has 4 nitrogen and oxygen atoms in total. The number of rotatable bonds is 4. The summed E-state index contributed by atoms with van der Waals surface area (Å²) in [5.74, 6) is 1.35. The molecule has 2 heterocycles. The summed E-state index contributed by atoms with van der Waals surface area (Å²) in [5, 5.41) is 0. The molecule has 1 aromatic heterocycles. The summed E-state index contributed by atoms with van der Waals surface area (Å²) in [6.07, 6.45) is 4.84. The molecule has 0 unspecified atom stereocenters. The zero-order valence-corrected chi connectivity index (χ0v) is 16.2. The second-order valence-corrected chi connectivity index (χ2v) is 7.47. The Kier molecular flexibility index (Phi) is 5.47. The minimum absolute atomic E-state index is 0.0389. The van der Waals surface area contributed by atoms with E-state index in [-0.39, 0.29) is 5.91 Å². The molecular formula is C24H25N3O. The molecule has 0 atom stereocenters. The van der Waals surface area contributed by atoms with Crippen LogP contribution in [0.3, 0.4) is 0 Å². The van der Waals surface area contributed by atoms with Crippen molar-refractivity contribution in [3.05, 3.63) is 83.8 Å². The lowest BCUT2D eigenvalue weighted by Gasteiger charge is -2.32. The maximum absolute atomic E-state index is 13.2. The van der Waals surface area contributed by atoms with Gasteiger partial charge in [-0.15, -0.1) is 0 Å². The Labute approximate surface area is 166 Å². The van der Waals surface area contributed by atoms with Gasteiger partial charge in [-0.1, -0.05) is 60.7 Å². The first kappa shape index (κ1) is 18.4. The normalized spacial score (nSPS) is 14.8. The van der Waals surface area contributed by atoms with Crippen LogP contribution in [0.1, 0.15) is 34.6 Å². The van der Waals surface area contributed by atoms with Gasteiger partial charge in [0, 0.05) is 24.8 Å². The highest BCUT2D eigenvalue weighted by atomic mass is 16.2. The number of aromatic nitrogens is 2. The lowest BCUT2D eigenvalue weighted by molar-refractivity contribution is 0.0690. The number of likely N-dealkylation sites (tertiary alicyclic amines) is 1. The van der Waals surface area contributed by atoms with E-state index in [2.05, 4.69) is 40.3 Å². The Bertz CT molecular complexity index is 933.